The Balaban J connectivity index is 1.43. The third-order valence-electron chi connectivity index (χ3n) is 4.85. The fraction of sp³-hybridized carbons (Fsp3) is 0.444. The van der Waals surface area contributed by atoms with Crippen LogP contribution >= 0.6 is 22.9 Å². The fourth-order valence-corrected chi connectivity index (χ4v) is 4.51. The lowest BCUT2D eigenvalue weighted by Crippen LogP contribution is -2.43. The van der Waals surface area contributed by atoms with Crippen molar-refractivity contribution in [2.24, 2.45) is 0 Å². The number of hydrogen-bond donors (Lipinski definition) is 0. The Bertz CT molecular complexity index is 919. The molecule has 0 spiro atoms. The topological polar surface area (TPSA) is 43.2 Å². The van der Waals surface area contributed by atoms with Gasteiger partial charge < -0.3 is 9.64 Å². The van der Waals surface area contributed by atoms with E-state index in [0.717, 1.165) is 39.7 Å². The Morgan fingerprint density at radius 1 is 1.32 bits per heavy atom. The van der Waals surface area contributed by atoms with E-state index in [2.05, 4.69) is 27.8 Å². The molecule has 4 heterocycles. The lowest BCUT2D eigenvalue weighted by molar-refractivity contribution is -0.0176. The molecule has 1 saturated heterocycles. The van der Waals surface area contributed by atoms with Gasteiger partial charge in [-0.3, -0.25) is 4.68 Å². The summed E-state index contributed by atoms with van der Waals surface area (Å²) in [5.41, 5.74) is 2.11. The maximum Gasteiger partial charge on any atom is 0.130 e. The van der Waals surface area contributed by atoms with E-state index in [1.165, 1.54) is 12.8 Å². The molecular formula is C18H19ClN4OS. The van der Waals surface area contributed by atoms with Crippen LogP contribution in [0, 0.1) is 0 Å². The number of aromatic nitrogens is 3. The van der Waals surface area contributed by atoms with Crippen molar-refractivity contribution in [1.82, 2.24) is 14.8 Å². The van der Waals surface area contributed by atoms with Crippen LogP contribution in [-0.2, 0) is 4.74 Å². The molecule has 0 radical (unpaired) electrons. The van der Waals surface area contributed by atoms with Gasteiger partial charge in [-0.15, -0.1) is 11.3 Å². The SMILES string of the molecule is C[C@@H]1CN(c2cc(Cl)c3sccc3n2)C[C@H](c2cnn(C3CC3)c2)O1. The molecule has 0 N–H and O–H groups in total. The molecule has 0 aromatic carbocycles. The van der Waals surface area contributed by atoms with Crippen LogP contribution < -0.4 is 4.90 Å². The third kappa shape index (κ3) is 2.92. The van der Waals surface area contributed by atoms with Gasteiger partial charge in [-0.1, -0.05) is 11.6 Å². The summed E-state index contributed by atoms with van der Waals surface area (Å²) < 4.78 is 9.31. The minimum Gasteiger partial charge on any atom is -0.367 e. The van der Waals surface area contributed by atoms with Crippen LogP contribution in [0.15, 0.2) is 29.9 Å². The zero-order chi connectivity index (χ0) is 17.0. The van der Waals surface area contributed by atoms with Gasteiger partial charge in [0.25, 0.3) is 0 Å². The van der Waals surface area contributed by atoms with Crippen LogP contribution in [0.25, 0.3) is 10.2 Å². The number of pyridine rings is 1. The van der Waals surface area contributed by atoms with Gasteiger partial charge in [-0.05, 0) is 31.2 Å². The van der Waals surface area contributed by atoms with Crippen molar-refractivity contribution in [1.29, 1.82) is 0 Å². The second-order valence-corrected chi connectivity index (χ2v) is 8.25. The Labute approximate surface area is 155 Å². The molecule has 3 aromatic heterocycles. The van der Waals surface area contributed by atoms with E-state index in [4.69, 9.17) is 21.3 Å². The molecule has 2 fully saturated rings. The fourth-order valence-electron chi connectivity index (χ4n) is 3.45. The molecule has 3 aromatic rings. The zero-order valence-corrected chi connectivity index (χ0v) is 15.5. The third-order valence-corrected chi connectivity index (χ3v) is 6.20. The normalized spacial score (nSPS) is 24.2. The van der Waals surface area contributed by atoms with Gasteiger partial charge >= 0.3 is 0 Å². The summed E-state index contributed by atoms with van der Waals surface area (Å²) in [4.78, 5) is 7.08. The number of hydrogen-bond acceptors (Lipinski definition) is 5. The van der Waals surface area contributed by atoms with Crippen molar-refractivity contribution in [3.63, 3.8) is 0 Å². The van der Waals surface area contributed by atoms with E-state index in [1.807, 2.05) is 23.7 Å². The lowest BCUT2D eigenvalue weighted by atomic mass is 10.1. The number of fused-ring (bicyclic) bond motifs is 1. The van der Waals surface area contributed by atoms with Crippen LogP contribution in [0.1, 0.15) is 37.5 Å². The quantitative estimate of drug-likeness (QED) is 0.679. The minimum atomic E-state index is 0.00926. The second-order valence-electron chi connectivity index (χ2n) is 6.92. The predicted octanol–water partition coefficient (Wildman–Crippen LogP) is 4.45. The van der Waals surface area contributed by atoms with Crippen molar-refractivity contribution in [2.75, 3.05) is 18.0 Å². The predicted molar refractivity (Wildman–Crippen MR) is 101 cm³/mol. The molecule has 1 aliphatic carbocycles. The highest BCUT2D eigenvalue weighted by atomic mass is 35.5. The summed E-state index contributed by atoms with van der Waals surface area (Å²) in [6.07, 6.45) is 6.69. The number of ether oxygens (including phenoxy) is 1. The number of halogens is 1. The van der Waals surface area contributed by atoms with Gasteiger partial charge in [0.15, 0.2) is 0 Å². The van der Waals surface area contributed by atoms with Crippen molar-refractivity contribution in [2.45, 2.75) is 38.0 Å². The van der Waals surface area contributed by atoms with E-state index in [0.29, 0.717) is 6.04 Å². The Morgan fingerprint density at radius 2 is 2.20 bits per heavy atom. The van der Waals surface area contributed by atoms with Crippen molar-refractivity contribution in [3.8, 4) is 0 Å². The Hall–Kier alpha value is -1.63. The summed E-state index contributed by atoms with van der Waals surface area (Å²) in [6.45, 7) is 3.68. The van der Waals surface area contributed by atoms with E-state index >= 15 is 0 Å². The molecule has 5 rings (SSSR count). The number of thiophene rings is 1. The largest absolute Gasteiger partial charge is 0.367 e. The van der Waals surface area contributed by atoms with Gasteiger partial charge in [-0.2, -0.15) is 5.10 Å². The van der Waals surface area contributed by atoms with Crippen LogP contribution in [-0.4, -0.2) is 34.0 Å². The second kappa shape index (κ2) is 5.97. The molecule has 0 unspecified atom stereocenters. The first kappa shape index (κ1) is 15.6. The molecule has 2 aliphatic rings. The first-order valence-corrected chi connectivity index (χ1v) is 9.91. The highest BCUT2D eigenvalue weighted by Gasteiger charge is 2.30. The van der Waals surface area contributed by atoms with Gasteiger partial charge in [-0.25, -0.2) is 4.98 Å². The van der Waals surface area contributed by atoms with Crippen LogP contribution in [0.2, 0.25) is 5.02 Å². The maximum absolute atomic E-state index is 6.46. The maximum atomic E-state index is 6.46. The van der Waals surface area contributed by atoms with E-state index in [1.54, 1.807) is 11.3 Å². The average molecular weight is 375 g/mol. The summed E-state index contributed by atoms with van der Waals surface area (Å²) in [6, 6.07) is 4.59. The van der Waals surface area contributed by atoms with Crippen molar-refractivity contribution >= 4 is 39.0 Å². The van der Waals surface area contributed by atoms with Crippen LogP contribution in [0.5, 0.6) is 0 Å². The summed E-state index contributed by atoms with van der Waals surface area (Å²) in [5, 5.41) is 7.31. The first-order valence-electron chi connectivity index (χ1n) is 8.65. The number of rotatable bonds is 3. The Kier molecular flexibility index (Phi) is 3.73. The molecule has 0 bridgehead atoms. The molecule has 0 amide bonds. The highest BCUT2D eigenvalue weighted by Crippen LogP contribution is 2.36. The first-order chi connectivity index (χ1) is 12.2. The smallest absolute Gasteiger partial charge is 0.130 e. The van der Waals surface area contributed by atoms with E-state index in [-0.39, 0.29) is 12.2 Å². The Morgan fingerprint density at radius 3 is 3.04 bits per heavy atom. The van der Waals surface area contributed by atoms with Crippen molar-refractivity contribution < 1.29 is 4.74 Å². The lowest BCUT2D eigenvalue weighted by Gasteiger charge is -2.37. The van der Waals surface area contributed by atoms with Gasteiger partial charge in [0.05, 0.1) is 40.1 Å². The van der Waals surface area contributed by atoms with Gasteiger partial charge in [0, 0.05) is 24.4 Å². The van der Waals surface area contributed by atoms with Crippen molar-refractivity contribution in [3.05, 3.63) is 40.5 Å². The monoisotopic (exact) mass is 374 g/mol. The minimum absolute atomic E-state index is 0.00926. The molecule has 2 atom stereocenters. The molecule has 1 saturated carbocycles. The average Bonchev–Trinajstić information content (AvgIpc) is 3.13. The van der Waals surface area contributed by atoms with Crippen LogP contribution in [0.3, 0.4) is 0 Å². The molecule has 7 heteroatoms. The molecule has 1 aliphatic heterocycles. The standard InChI is InChI=1S/C18H19ClN4OS/c1-11-8-22(17-6-14(19)18-15(21-17)4-5-25-18)10-16(24-11)12-7-20-23(9-12)13-2-3-13/h4-7,9,11,13,16H,2-3,8,10H2,1H3/t11-,16-/m1/s1. The summed E-state index contributed by atoms with van der Waals surface area (Å²) >= 11 is 8.09. The highest BCUT2D eigenvalue weighted by molar-refractivity contribution is 7.17. The zero-order valence-electron chi connectivity index (χ0n) is 13.9. The number of morpholine rings is 1. The molecule has 25 heavy (non-hydrogen) atoms. The van der Waals surface area contributed by atoms with Gasteiger partial charge in [0.1, 0.15) is 11.9 Å². The molecule has 5 nitrogen and oxygen atoms in total. The molecule has 130 valence electrons. The molecular weight excluding hydrogens is 356 g/mol. The van der Waals surface area contributed by atoms with Crippen LogP contribution in [0.4, 0.5) is 5.82 Å². The number of anilines is 1. The van der Waals surface area contributed by atoms with E-state index < -0.39 is 0 Å². The van der Waals surface area contributed by atoms with Gasteiger partial charge in [0.2, 0.25) is 0 Å². The van der Waals surface area contributed by atoms with E-state index in [9.17, 15) is 0 Å². The summed E-state index contributed by atoms with van der Waals surface area (Å²) in [7, 11) is 0. The summed E-state index contributed by atoms with van der Waals surface area (Å²) in [5.74, 6) is 0.922. The number of nitrogens with zero attached hydrogens (tertiary/aromatic N) is 4.